The number of rotatable bonds is 5. The van der Waals surface area contributed by atoms with Crippen molar-refractivity contribution in [3.63, 3.8) is 0 Å². The molecule has 0 amide bonds. The minimum atomic E-state index is -0.302. The fourth-order valence-corrected chi connectivity index (χ4v) is 4.33. The van der Waals surface area contributed by atoms with Gasteiger partial charge in [0.25, 0.3) is 0 Å². The minimum Gasteiger partial charge on any atom is -0.478 e. The molecule has 3 aromatic carbocycles. The van der Waals surface area contributed by atoms with E-state index < -0.39 is 0 Å². The van der Waals surface area contributed by atoms with Crippen molar-refractivity contribution < 1.29 is 13.5 Å². The van der Waals surface area contributed by atoms with Crippen LogP contribution in [-0.2, 0) is 19.4 Å². The Labute approximate surface area is 185 Å². The molecule has 4 aromatic rings. The summed E-state index contributed by atoms with van der Waals surface area (Å²) in [5.74, 6) is 0.523. The van der Waals surface area contributed by atoms with Crippen LogP contribution in [0.25, 0.3) is 11.0 Å². The molecule has 0 saturated heterocycles. The fourth-order valence-electron chi connectivity index (χ4n) is 4.33. The van der Waals surface area contributed by atoms with Crippen molar-refractivity contribution in [3.05, 3.63) is 111 Å². The third kappa shape index (κ3) is 4.04. The van der Waals surface area contributed by atoms with Gasteiger partial charge in [-0.2, -0.15) is 0 Å². The largest absolute Gasteiger partial charge is 0.478 e. The first-order valence-electron chi connectivity index (χ1n) is 10.8. The summed E-state index contributed by atoms with van der Waals surface area (Å²) in [7, 11) is 0. The monoisotopic (exact) mass is 429 g/mol. The lowest BCUT2D eigenvalue weighted by molar-refractivity contribution is 0.0967. The lowest BCUT2D eigenvalue weighted by Crippen LogP contribution is -2.33. The third-order valence-electron chi connectivity index (χ3n) is 6.13. The highest BCUT2D eigenvalue weighted by atomic mass is 19.1. The van der Waals surface area contributed by atoms with E-state index in [4.69, 9.17) is 9.15 Å². The van der Waals surface area contributed by atoms with Gasteiger partial charge < -0.3 is 9.15 Å². The van der Waals surface area contributed by atoms with E-state index in [9.17, 15) is 9.18 Å². The van der Waals surface area contributed by atoms with Crippen molar-refractivity contribution in [2.24, 2.45) is 0 Å². The zero-order valence-corrected chi connectivity index (χ0v) is 17.9. The highest BCUT2D eigenvalue weighted by molar-refractivity contribution is 5.86. The molecule has 1 aliphatic rings. The Kier molecular flexibility index (Phi) is 5.50. The van der Waals surface area contributed by atoms with Gasteiger partial charge in [-0.3, -0.25) is 4.90 Å². The maximum Gasteiger partial charge on any atom is 0.340 e. The Morgan fingerprint density at radius 2 is 1.81 bits per heavy atom. The number of halogens is 1. The standard InChI is InChI=1S/C27H24FNO3/c1-18-22-10-11-25-24(16-29(17-31-25)13-12-20-8-5-9-21(28)14-20)26(22)32-27(30)23(18)15-19-6-3-2-4-7-19/h2-11,14H,12-13,15-17H2,1H3. The molecule has 1 aliphatic heterocycles. The summed E-state index contributed by atoms with van der Waals surface area (Å²) in [6.07, 6.45) is 1.25. The molecule has 0 spiro atoms. The predicted octanol–water partition coefficient (Wildman–Crippen LogP) is 5.23. The van der Waals surface area contributed by atoms with Crippen LogP contribution in [0.3, 0.4) is 0 Å². The summed E-state index contributed by atoms with van der Waals surface area (Å²) >= 11 is 0. The summed E-state index contributed by atoms with van der Waals surface area (Å²) < 4.78 is 25.3. The van der Waals surface area contributed by atoms with Crippen LogP contribution in [0.1, 0.15) is 27.8 Å². The molecule has 0 atom stereocenters. The van der Waals surface area contributed by atoms with Crippen molar-refractivity contribution in [2.75, 3.05) is 13.3 Å². The Hall–Kier alpha value is -3.44. The van der Waals surface area contributed by atoms with Crippen LogP contribution in [0.5, 0.6) is 5.75 Å². The quantitative estimate of drug-likeness (QED) is 0.408. The van der Waals surface area contributed by atoms with E-state index in [1.165, 1.54) is 6.07 Å². The molecular weight excluding hydrogens is 405 g/mol. The van der Waals surface area contributed by atoms with Gasteiger partial charge in [-0.1, -0.05) is 42.5 Å². The first-order chi connectivity index (χ1) is 15.6. The predicted molar refractivity (Wildman–Crippen MR) is 122 cm³/mol. The van der Waals surface area contributed by atoms with Crippen LogP contribution < -0.4 is 10.4 Å². The molecule has 2 heterocycles. The summed E-state index contributed by atoms with van der Waals surface area (Å²) in [4.78, 5) is 15.1. The molecule has 0 unspecified atom stereocenters. The molecule has 0 saturated carbocycles. The third-order valence-corrected chi connectivity index (χ3v) is 6.13. The lowest BCUT2D eigenvalue weighted by atomic mass is 9.97. The second kappa shape index (κ2) is 8.60. The van der Waals surface area contributed by atoms with Crippen LogP contribution in [-0.4, -0.2) is 18.2 Å². The molecule has 0 bridgehead atoms. The van der Waals surface area contributed by atoms with Crippen LogP contribution in [0, 0.1) is 12.7 Å². The molecule has 5 rings (SSSR count). The van der Waals surface area contributed by atoms with Crippen molar-refractivity contribution in [1.29, 1.82) is 0 Å². The highest BCUT2D eigenvalue weighted by Crippen LogP contribution is 2.34. The van der Waals surface area contributed by atoms with Crippen LogP contribution >= 0.6 is 0 Å². The molecule has 32 heavy (non-hydrogen) atoms. The molecule has 5 heteroatoms. The molecule has 4 nitrogen and oxygen atoms in total. The van der Waals surface area contributed by atoms with E-state index in [1.807, 2.05) is 55.5 Å². The normalized spacial score (nSPS) is 13.7. The molecule has 0 N–H and O–H groups in total. The van der Waals surface area contributed by atoms with Crippen molar-refractivity contribution >= 4 is 11.0 Å². The SMILES string of the molecule is Cc1c(Cc2ccccc2)c(=O)oc2c3c(ccc12)OCN(CCc1cccc(F)c1)C3. The first-order valence-corrected chi connectivity index (χ1v) is 10.8. The topological polar surface area (TPSA) is 42.7 Å². The first kappa shape index (κ1) is 20.5. The maximum absolute atomic E-state index is 13.5. The van der Waals surface area contributed by atoms with Gasteiger partial charge in [-0.25, -0.2) is 9.18 Å². The molecule has 1 aromatic heterocycles. The summed E-state index contributed by atoms with van der Waals surface area (Å²) in [5, 5.41) is 0.935. The van der Waals surface area contributed by atoms with E-state index >= 15 is 0 Å². The van der Waals surface area contributed by atoms with Gasteiger partial charge in [0.15, 0.2) is 0 Å². The molecule has 162 valence electrons. The number of aryl methyl sites for hydroxylation is 1. The fraction of sp³-hybridized carbons (Fsp3) is 0.222. The van der Waals surface area contributed by atoms with E-state index in [-0.39, 0.29) is 11.4 Å². The molecule has 0 radical (unpaired) electrons. The van der Waals surface area contributed by atoms with E-state index in [1.54, 1.807) is 12.1 Å². The van der Waals surface area contributed by atoms with Crippen LogP contribution in [0.2, 0.25) is 0 Å². The zero-order chi connectivity index (χ0) is 22.1. The molecule has 0 fully saturated rings. The van der Waals surface area contributed by atoms with Gasteiger partial charge in [-0.15, -0.1) is 0 Å². The second-order valence-electron chi connectivity index (χ2n) is 8.28. The summed E-state index contributed by atoms with van der Waals surface area (Å²) in [6.45, 7) is 3.76. The smallest absolute Gasteiger partial charge is 0.340 e. The molecule has 0 aliphatic carbocycles. The Morgan fingerprint density at radius 3 is 2.62 bits per heavy atom. The summed E-state index contributed by atoms with van der Waals surface area (Å²) in [5.41, 5.74) is 4.83. The van der Waals surface area contributed by atoms with Crippen molar-refractivity contribution in [3.8, 4) is 5.75 Å². The van der Waals surface area contributed by atoms with E-state index in [0.717, 1.165) is 33.4 Å². The number of hydrogen-bond acceptors (Lipinski definition) is 4. The van der Waals surface area contributed by atoms with Crippen LogP contribution in [0.4, 0.5) is 4.39 Å². The van der Waals surface area contributed by atoms with Gasteiger partial charge in [0.05, 0.1) is 5.56 Å². The Morgan fingerprint density at radius 1 is 1.00 bits per heavy atom. The van der Waals surface area contributed by atoms with E-state index in [2.05, 4.69) is 4.90 Å². The second-order valence-corrected chi connectivity index (χ2v) is 8.28. The lowest BCUT2D eigenvalue weighted by Gasteiger charge is -2.29. The zero-order valence-electron chi connectivity index (χ0n) is 17.9. The number of benzene rings is 3. The summed E-state index contributed by atoms with van der Waals surface area (Å²) in [6, 6.07) is 20.5. The maximum atomic E-state index is 13.5. The number of nitrogens with zero attached hydrogens (tertiary/aromatic N) is 1. The van der Waals surface area contributed by atoms with Gasteiger partial charge in [0.2, 0.25) is 0 Å². The number of hydrogen-bond donors (Lipinski definition) is 0. The Bertz CT molecular complexity index is 1330. The molecular formula is C27H24FNO3. The Balaban J connectivity index is 1.44. The average molecular weight is 429 g/mol. The number of ether oxygens (including phenoxy) is 1. The van der Waals surface area contributed by atoms with Gasteiger partial charge >= 0.3 is 5.63 Å². The van der Waals surface area contributed by atoms with Crippen molar-refractivity contribution in [2.45, 2.75) is 26.3 Å². The van der Waals surface area contributed by atoms with Crippen LogP contribution in [0.15, 0.2) is 75.9 Å². The highest BCUT2D eigenvalue weighted by Gasteiger charge is 2.23. The van der Waals surface area contributed by atoms with Gasteiger partial charge in [-0.05, 0) is 54.3 Å². The minimum absolute atomic E-state index is 0.225. The van der Waals surface area contributed by atoms with Gasteiger partial charge in [0.1, 0.15) is 23.9 Å². The van der Waals surface area contributed by atoms with Gasteiger partial charge in [0, 0.05) is 30.5 Å². The van der Waals surface area contributed by atoms with Crippen molar-refractivity contribution in [1.82, 2.24) is 4.90 Å². The average Bonchev–Trinajstić information content (AvgIpc) is 2.81. The van der Waals surface area contributed by atoms with E-state index in [0.29, 0.717) is 43.8 Å². The number of fused-ring (bicyclic) bond motifs is 3.